The molecule has 0 atom stereocenters. The van der Waals surface area contributed by atoms with Crippen molar-refractivity contribution in [2.75, 3.05) is 21.3 Å². The van der Waals surface area contributed by atoms with E-state index in [0.29, 0.717) is 0 Å². The van der Waals surface area contributed by atoms with Crippen molar-refractivity contribution in [2.24, 2.45) is 0 Å². The first-order chi connectivity index (χ1) is 17.7. The van der Waals surface area contributed by atoms with E-state index in [1.54, 1.807) is 21.3 Å². The molecule has 3 nitrogen and oxygen atoms in total. The van der Waals surface area contributed by atoms with Crippen LogP contribution in [-0.4, -0.2) is 21.3 Å². The van der Waals surface area contributed by atoms with Crippen LogP contribution in [-0.2, 0) is 0 Å². The van der Waals surface area contributed by atoms with Crippen molar-refractivity contribution in [3.05, 3.63) is 124 Å². The van der Waals surface area contributed by atoms with E-state index in [1.807, 2.05) is 60.7 Å². The summed E-state index contributed by atoms with van der Waals surface area (Å²) in [7, 11) is 5.03. The maximum atomic E-state index is 5.28. The molecule has 0 spiro atoms. The Bertz CT molecular complexity index is 1340. The van der Waals surface area contributed by atoms with Gasteiger partial charge in [-0.25, -0.2) is 0 Å². The van der Waals surface area contributed by atoms with Gasteiger partial charge in [-0.2, -0.15) is 0 Å². The van der Waals surface area contributed by atoms with E-state index in [-0.39, 0.29) is 0 Å². The summed E-state index contributed by atoms with van der Waals surface area (Å²) in [5.41, 5.74) is 6.74. The third kappa shape index (κ3) is 6.77. The molecule has 0 bridgehead atoms. The largest absolute Gasteiger partial charge is 0.497 e. The molecule has 0 saturated heterocycles. The monoisotopic (exact) mass is 474 g/mol. The first-order valence-corrected chi connectivity index (χ1v) is 11.8. The second-order valence-electron chi connectivity index (χ2n) is 8.21. The lowest BCUT2D eigenvalue weighted by Crippen LogP contribution is -1.85. The van der Waals surface area contributed by atoms with Gasteiger partial charge in [-0.1, -0.05) is 85.0 Å². The van der Waals surface area contributed by atoms with Gasteiger partial charge in [-0.15, -0.1) is 0 Å². The van der Waals surface area contributed by atoms with Gasteiger partial charge in [0.15, 0.2) is 0 Å². The van der Waals surface area contributed by atoms with E-state index in [1.165, 1.54) is 0 Å². The lowest BCUT2D eigenvalue weighted by molar-refractivity contribution is 0.414. The van der Waals surface area contributed by atoms with Crippen LogP contribution in [0.2, 0.25) is 0 Å². The van der Waals surface area contributed by atoms with E-state index in [0.717, 1.165) is 50.6 Å². The molecule has 3 heteroatoms. The van der Waals surface area contributed by atoms with Gasteiger partial charge < -0.3 is 14.2 Å². The van der Waals surface area contributed by atoms with Crippen molar-refractivity contribution in [3.8, 4) is 17.2 Å². The molecule has 0 N–H and O–H groups in total. The van der Waals surface area contributed by atoms with Crippen LogP contribution >= 0.6 is 0 Å². The zero-order valence-corrected chi connectivity index (χ0v) is 20.8. The van der Waals surface area contributed by atoms with Crippen molar-refractivity contribution in [1.82, 2.24) is 0 Å². The quantitative estimate of drug-likeness (QED) is 0.229. The highest BCUT2D eigenvalue weighted by atomic mass is 16.5. The van der Waals surface area contributed by atoms with Crippen LogP contribution < -0.4 is 14.2 Å². The van der Waals surface area contributed by atoms with Crippen LogP contribution in [0, 0.1) is 0 Å². The van der Waals surface area contributed by atoms with Crippen molar-refractivity contribution in [2.45, 2.75) is 0 Å². The van der Waals surface area contributed by atoms with E-state index >= 15 is 0 Å². The number of rotatable bonds is 9. The van der Waals surface area contributed by atoms with E-state index in [4.69, 9.17) is 14.2 Å². The Morgan fingerprint density at radius 1 is 0.361 bits per heavy atom. The molecule has 180 valence electrons. The van der Waals surface area contributed by atoms with Crippen molar-refractivity contribution in [1.29, 1.82) is 0 Å². The Balaban J connectivity index is 1.62. The molecular formula is C33H30O3. The molecule has 0 aliphatic heterocycles. The predicted octanol–water partition coefficient (Wildman–Crippen LogP) is 8.22. The van der Waals surface area contributed by atoms with Gasteiger partial charge in [0.25, 0.3) is 0 Å². The normalized spacial score (nSPS) is 11.4. The first-order valence-electron chi connectivity index (χ1n) is 11.8. The summed E-state index contributed by atoms with van der Waals surface area (Å²) in [4.78, 5) is 0. The SMILES string of the molecule is COc1ccc(C=Cc2ccc(C=Cc3ccc(OC)cc3)c(C=Cc3ccc(OC)cc3)c2)cc1. The molecule has 0 saturated carbocycles. The minimum atomic E-state index is 0.848. The molecule has 4 aromatic rings. The fourth-order valence-electron chi connectivity index (χ4n) is 3.70. The van der Waals surface area contributed by atoms with E-state index in [2.05, 4.69) is 66.8 Å². The van der Waals surface area contributed by atoms with Gasteiger partial charge in [0.1, 0.15) is 17.2 Å². The van der Waals surface area contributed by atoms with Crippen LogP contribution in [0.5, 0.6) is 17.2 Å². The van der Waals surface area contributed by atoms with Gasteiger partial charge in [0.05, 0.1) is 21.3 Å². The highest BCUT2D eigenvalue weighted by molar-refractivity contribution is 5.82. The Labute approximate surface area is 213 Å². The second-order valence-corrected chi connectivity index (χ2v) is 8.21. The molecule has 0 aliphatic rings. The molecule has 0 heterocycles. The van der Waals surface area contributed by atoms with Crippen LogP contribution in [0.4, 0.5) is 0 Å². The zero-order chi connectivity index (χ0) is 25.2. The van der Waals surface area contributed by atoms with E-state index in [9.17, 15) is 0 Å². The number of ether oxygens (including phenoxy) is 3. The number of methoxy groups -OCH3 is 3. The third-order valence-electron chi connectivity index (χ3n) is 5.84. The number of hydrogen-bond donors (Lipinski definition) is 0. The first kappa shape index (κ1) is 24.6. The lowest BCUT2D eigenvalue weighted by atomic mass is 10.0. The summed E-state index contributed by atoms with van der Waals surface area (Å²) in [5.74, 6) is 2.55. The lowest BCUT2D eigenvalue weighted by Gasteiger charge is -2.05. The molecule has 4 rings (SSSR count). The fourth-order valence-corrected chi connectivity index (χ4v) is 3.70. The predicted molar refractivity (Wildman–Crippen MR) is 152 cm³/mol. The van der Waals surface area contributed by atoms with Gasteiger partial charge >= 0.3 is 0 Å². The molecule has 36 heavy (non-hydrogen) atoms. The standard InChI is InChI=1S/C33H30O3/c1-34-31-18-9-25(10-19-31)4-5-28-8-16-29(15-6-26-11-20-32(35-2)21-12-26)30(24-28)17-7-27-13-22-33(36-3)23-14-27/h4-24H,1-3H3. The Morgan fingerprint density at radius 3 is 1.11 bits per heavy atom. The molecule has 4 aromatic carbocycles. The average Bonchev–Trinajstić information content (AvgIpc) is 2.95. The highest BCUT2D eigenvalue weighted by Crippen LogP contribution is 2.22. The minimum Gasteiger partial charge on any atom is -0.497 e. The molecule has 0 amide bonds. The summed E-state index contributed by atoms with van der Waals surface area (Å²) in [5, 5.41) is 0. The third-order valence-corrected chi connectivity index (χ3v) is 5.84. The molecule has 0 radical (unpaired) electrons. The average molecular weight is 475 g/mol. The van der Waals surface area contributed by atoms with Gasteiger partial charge in [0.2, 0.25) is 0 Å². The maximum absolute atomic E-state index is 5.28. The Hall–Kier alpha value is -4.50. The molecular weight excluding hydrogens is 444 g/mol. The summed E-state index contributed by atoms with van der Waals surface area (Å²) < 4.78 is 15.8. The van der Waals surface area contributed by atoms with Crippen LogP contribution in [0.25, 0.3) is 36.5 Å². The zero-order valence-electron chi connectivity index (χ0n) is 20.8. The molecule has 0 aliphatic carbocycles. The molecule has 0 aromatic heterocycles. The van der Waals surface area contributed by atoms with E-state index < -0.39 is 0 Å². The van der Waals surface area contributed by atoms with Crippen molar-refractivity contribution >= 4 is 36.5 Å². The van der Waals surface area contributed by atoms with Crippen molar-refractivity contribution in [3.63, 3.8) is 0 Å². The summed E-state index contributed by atoms with van der Waals surface area (Å²) >= 11 is 0. The molecule has 0 unspecified atom stereocenters. The smallest absolute Gasteiger partial charge is 0.118 e. The van der Waals surface area contributed by atoms with Gasteiger partial charge in [-0.3, -0.25) is 0 Å². The van der Waals surface area contributed by atoms with Crippen LogP contribution in [0.1, 0.15) is 33.4 Å². The fraction of sp³-hybridized carbons (Fsp3) is 0.0909. The second kappa shape index (κ2) is 12.3. The Kier molecular flexibility index (Phi) is 8.39. The minimum absolute atomic E-state index is 0.848. The number of hydrogen-bond acceptors (Lipinski definition) is 3. The summed E-state index contributed by atoms with van der Waals surface area (Å²) in [6, 6.07) is 30.6. The van der Waals surface area contributed by atoms with Crippen molar-refractivity contribution < 1.29 is 14.2 Å². The summed E-state index contributed by atoms with van der Waals surface area (Å²) in [6.07, 6.45) is 12.8. The van der Waals surface area contributed by atoms with Crippen LogP contribution in [0.15, 0.2) is 91.0 Å². The molecule has 0 fully saturated rings. The van der Waals surface area contributed by atoms with Crippen LogP contribution in [0.3, 0.4) is 0 Å². The summed E-state index contributed by atoms with van der Waals surface area (Å²) in [6.45, 7) is 0. The van der Waals surface area contributed by atoms with Gasteiger partial charge in [-0.05, 0) is 75.8 Å². The highest BCUT2D eigenvalue weighted by Gasteiger charge is 2.00. The Morgan fingerprint density at radius 2 is 0.694 bits per heavy atom. The topological polar surface area (TPSA) is 27.7 Å². The number of benzene rings is 4. The van der Waals surface area contributed by atoms with Gasteiger partial charge in [0, 0.05) is 0 Å². The maximum Gasteiger partial charge on any atom is 0.118 e.